The molecule has 0 unspecified atom stereocenters. The van der Waals surface area contributed by atoms with E-state index in [0.717, 1.165) is 5.56 Å². The van der Waals surface area contributed by atoms with Crippen LogP contribution in [0, 0.1) is 12.7 Å². The molecule has 0 saturated carbocycles. The molecule has 1 N–H and O–H groups in total. The number of hydrogen-bond donors (Lipinski definition) is 1. The number of nitrogens with one attached hydrogen (secondary N) is 1. The summed E-state index contributed by atoms with van der Waals surface area (Å²) < 4.78 is 13.1. The Morgan fingerprint density at radius 2 is 1.94 bits per heavy atom. The summed E-state index contributed by atoms with van der Waals surface area (Å²) in [5, 5.41) is 0.332. The number of aryl methyl sites for hydroxylation is 1. The summed E-state index contributed by atoms with van der Waals surface area (Å²) in [5.74, 6) is -0.397. The molecule has 0 aliphatic carbocycles. The van der Waals surface area contributed by atoms with Crippen LogP contribution < -0.4 is 5.56 Å². The number of H-pyrrole nitrogens is 1. The number of aromatic nitrogens is 1. The number of rotatable bonds is 1. The van der Waals surface area contributed by atoms with Gasteiger partial charge in [0.25, 0.3) is 5.56 Å². The van der Waals surface area contributed by atoms with E-state index in [0.29, 0.717) is 16.1 Å². The maximum atomic E-state index is 13.1. The largest absolute Gasteiger partial charge is 0.328 e. The predicted molar refractivity (Wildman–Crippen MR) is 62.2 cm³/mol. The highest BCUT2D eigenvalue weighted by Crippen LogP contribution is 2.23. The summed E-state index contributed by atoms with van der Waals surface area (Å²) in [5.41, 5.74) is 1.81. The van der Waals surface area contributed by atoms with Crippen molar-refractivity contribution in [2.45, 2.75) is 6.92 Å². The van der Waals surface area contributed by atoms with Crippen molar-refractivity contribution in [1.82, 2.24) is 4.98 Å². The number of halogens is 2. The lowest BCUT2D eigenvalue weighted by molar-refractivity contribution is 0.628. The number of hydrogen-bond acceptors (Lipinski definition) is 1. The lowest BCUT2D eigenvalue weighted by Gasteiger charge is -2.03. The molecular weight excluding hydrogens is 229 g/mol. The van der Waals surface area contributed by atoms with E-state index in [1.165, 1.54) is 12.1 Å². The van der Waals surface area contributed by atoms with Crippen LogP contribution >= 0.6 is 11.6 Å². The van der Waals surface area contributed by atoms with Gasteiger partial charge in [0.05, 0.1) is 0 Å². The van der Waals surface area contributed by atoms with Crippen LogP contribution in [0.2, 0.25) is 5.02 Å². The fourth-order valence-electron chi connectivity index (χ4n) is 1.48. The molecule has 0 fully saturated rings. The van der Waals surface area contributed by atoms with Crippen molar-refractivity contribution in [1.29, 1.82) is 0 Å². The number of benzene rings is 1. The first-order chi connectivity index (χ1) is 7.56. The van der Waals surface area contributed by atoms with Crippen molar-refractivity contribution < 1.29 is 4.39 Å². The Morgan fingerprint density at radius 3 is 2.56 bits per heavy atom. The summed E-state index contributed by atoms with van der Waals surface area (Å²) in [6.45, 7) is 1.70. The second-order valence-corrected chi connectivity index (χ2v) is 4.00. The zero-order valence-electron chi connectivity index (χ0n) is 8.55. The Morgan fingerprint density at radius 1 is 1.19 bits per heavy atom. The Hall–Kier alpha value is -1.61. The lowest BCUT2D eigenvalue weighted by atomic mass is 10.1. The van der Waals surface area contributed by atoms with Gasteiger partial charge in [0.1, 0.15) is 5.82 Å². The standard InChI is InChI=1S/C12H9ClFNO/c1-7-2-9(6-15-12(7)16)8-3-10(13)5-11(14)4-8/h2-6H,1H3,(H,15,16). The zero-order chi connectivity index (χ0) is 11.7. The van der Waals surface area contributed by atoms with E-state index in [9.17, 15) is 9.18 Å². The van der Waals surface area contributed by atoms with E-state index in [-0.39, 0.29) is 5.56 Å². The SMILES string of the molecule is Cc1cc(-c2cc(F)cc(Cl)c2)c[nH]c1=O. The third kappa shape index (κ3) is 2.14. The van der Waals surface area contributed by atoms with Crippen molar-refractivity contribution in [2.24, 2.45) is 0 Å². The monoisotopic (exact) mass is 237 g/mol. The maximum Gasteiger partial charge on any atom is 0.250 e. The molecule has 0 amide bonds. The third-order valence-electron chi connectivity index (χ3n) is 2.28. The highest BCUT2D eigenvalue weighted by Gasteiger charge is 2.03. The molecule has 16 heavy (non-hydrogen) atoms. The van der Waals surface area contributed by atoms with Crippen molar-refractivity contribution in [3.63, 3.8) is 0 Å². The van der Waals surface area contributed by atoms with E-state index < -0.39 is 5.82 Å². The van der Waals surface area contributed by atoms with Crippen molar-refractivity contribution in [3.05, 3.63) is 57.2 Å². The summed E-state index contributed by atoms with van der Waals surface area (Å²) >= 11 is 5.76. The van der Waals surface area contributed by atoms with Gasteiger partial charge in [-0.3, -0.25) is 4.79 Å². The minimum Gasteiger partial charge on any atom is -0.328 e. The van der Waals surface area contributed by atoms with Gasteiger partial charge in [-0.05, 0) is 42.3 Å². The third-order valence-corrected chi connectivity index (χ3v) is 2.50. The quantitative estimate of drug-likeness (QED) is 0.812. The second-order valence-electron chi connectivity index (χ2n) is 3.56. The van der Waals surface area contributed by atoms with Gasteiger partial charge in [-0.25, -0.2) is 4.39 Å². The zero-order valence-corrected chi connectivity index (χ0v) is 9.31. The predicted octanol–water partition coefficient (Wildman–Crippen LogP) is 3.14. The van der Waals surface area contributed by atoms with Crippen molar-refractivity contribution in [2.75, 3.05) is 0 Å². The highest BCUT2D eigenvalue weighted by molar-refractivity contribution is 6.30. The molecule has 1 aromatic heterocycles. The van der Waals surface area contributed by atoms with Gasteiger partial charge < -0.3 is 4.98 Å². The molecule has 0 aliphatic heterocycles. The van der Waals surface area contributed by atoms with Gasteiger partial charge in [0.2, 0.25) is 0 Å². The molecule has 0 saturated heterocycles. The highest BCUT2D eigenvalue weighted by atomic mass is 35.5. The number of aromatic amines is 1. The molecule has 0 radical (unpaired) electrons. The average Bonchev–Trinajstić information content (AvgIpc) is 2.20. The van der Waals surface area contributed by atoms with Gasteiger partial charge in [-0.1, -0.05) is 11.6 Å². The summed E-state index contributed by atoms with van der Waals surface area (Å²) in [7, 11) is 0. The van der Waals surface area contributed by atoms with Crippen LogP contribution in [-0.2, 0) is 0 Å². The van der Waals surface area contributed by atoms with Gasteiger partial charge in [-0.2, -0.15) is 0 Å². The molecule has 82 valence electrons. The Balaban J connectivity index is 2.58. The Kier molecular flexibility index (Phi) is 2.79. The summed E-state index contributed by atoms with van der Waals surface area (Å²) in [6.07, 6.45) is 1.54. The van der Waals surface area contributed by atoms with Crippen LogP contribution in [0.25, 0.3) is 11.1 Å². The Labute approximate surface area is 96.7 Å². The average molecular weight is 238 g/mol. The van der Waals surface area contributed by atoms with E-state index in [1.54, 1.807) is 25.3 Å². The minimum atomic E-state index is -0.397. The van der Waals surface area contributed by atoms with Crippen molar-refractivity contribution >= 4 is 11.6 Å². The second kappa shape index (κ2) is 4.10. The molecule has 0 bridgehead atoms. The van der Waals surface area contributed by atoms with Crippen LogP contribution in [0.15, 0.2) is 35.3 Å². The lowest BCUT2D eigenvalue weighted by Crippen LogP contribution is -2.07. The first-order valence-corrected chi connectivity index (χ1v) is 5.10. The molecule has 1 heterocycles. The fraction of sp³-hybridized carbons (Fsp3) is 0.0833. The van der Waals surface area contributed by atoms with Crippen LogP contribution in [0.3, 0.4) is 0 Å². The molecular formula is C12H9ClFNO. The summed E-state index contributed by atoms with van der Waals surface area (Å²) in [6, 6.07) is 5.96. The normalized spacial score (nSPS) is 10.4. The van der Waals surface area contributed by atoms with Crippen LogP contribution in [0.1, 0.15) is 5.56 Å². The minimum absolute atomic E-state index is 0.147. The first-order valence-electron chi connectivity index (χ1n) is 4.72. The van der Waals surface area contributed by atoms with Gasteiger partial charge in [0, 0.05) is 16.8 Å². The molecule has 0 aliphatic rings. The van der Waals surface area contributed by atoms with Gasteiger partial charge >= 0.3 is 0 Å². The number of pyridine rings is 1. The van der Waals surface area contributed by atoms with E-state index in [1.807, 2.05) is 0 Å². The molecule has 4 heteroatoms. The van der Waals surface area contributed by atoms with E-state index in [2.05, 4.69) is 4.98 Å². The molecule has 2 nitrogen and oxygen atoms in total. The molecule has 2 aromatic rings. The van der Waals surface area contributed by atoms with Gasteiger partial charge in [0.15, 0.2) is 0 Å². The van der Waals surface area contributed by atoms with Crippen LogP contribution in [0.4, 0.5) is 4.39 Å². The summed E-state index contributed by atoms with van der Waals surface area (Å²) in [4.78, 5) is 13.8. The van der Waals surface area contributed by atoms with Crippen LogP contribution in [-0.4, -0.2) is 4.98 Å². The van der Waals surface area contributed by atoms with Crippen LogP contribution in [0.5, 0.6) is 0 Å². The molecule has 2 rings (SSSR count). The smallest absolute Gasteiger partial charge is 0.250 e. The maximum absolute atomic E-state index is 13.1. The van der Waals surface area contributed by atoms with Crippen molar-refractivity contribution in [3.8, 4) is 11.1 Å². The fourth-order valence-corrected chi connectivity index (χ4v) is 1.71. The molecule has 1 aromatic carbocycles. The first kappa shape index (κ1) is 10.9. The Bertz CT molecular complexity index is 572. The topological polar surface area (TPSA) is 32.9 Å². The molecule has 0 spiro atoms. The molecule has 0 atom stereocenters. The van der Waals surface area contributed by atoms with E-state index >= 15 is 0 Å². The van der Waals surface area contributed by atoms with Gasteiger partial charge in [-0.15, -0.1) is 0 Å². The van der Waals surface area contributed by atoms with E-state index in [4.69, 9.17) is 11.6 Å².